The Morgan fingerprint density at radius 1 is 1.30 bits per heavy atom. The number of β-lactam (4-membered cyclic amide) rings is 1. The molecule has 0 N–H and O–H groups in total. The van der Waals surface area contributed by atoms with E-state index < -0.39 is 53.1 Å². The van der Waals surface area contributed by atoms with Gasteiger partial charge in [-0.25, -0.2) is 0 Å². The number of amides is 1. The molecule has 1 heterocycles. The van der Waals surface area contributed by atoms with Crippen LogP contribution in [-0.2, 0) is 28.0 Å². The van der Waals surface area contributed by atoms with Gasteiger partial charge in [0.05, 0.1) is 5.41 Å². The lowest BCUT2D eigenvalue weighted by Crippen LogP contribution is -2.68. The van der Waals surface area contributed by atoms with E-state index >= 15 is 0 Å². The smallest absolute Gasteiger partial charge is 0.326 e. The highest BCUT2D eigenvalue weighted by Gasteiger charge is 2.58. The number of hydrogen-bond donors (Lipinski definition) is 0. The van der Waals surface area contributed by atoms with Gasteiger partial charge in [-0.1, -0.05) is 0 Å². The molecule has 0 aromatic heterocycles. The van der Waals surface area contributed by atoms with Crippen LogP contribution in [0.3, 0.4) is 0 Å². The van der Waals surface area contributed by atoms with E-state index in [1.54, 1.807) is 27.7 Å². The maximum Gasteiger partial charge on any atom is 0.326 e. The second-order valence-corrected chi connectivity index (χ2v) is 14.4. The fourth-order valence-corrected chi connectivity index (χ4v) is 4.28. The summed E-state index contributed by atoms with van der Waals surface area (Å²) in [7, 11) is -1.10. The Balaban J connectivity index is 3.00. The van der Waals surface area contributed by atoms with E-state index in [1.807, 2.05) is 19.6 Å². The van der Waals surface area contributed by atoms with E-state index in [0.29, 0.717) is 4.31 Å². The first kappa shape index (κ1) is 20.4. The van der Waals surface area contributed by atoms with E-state index in [4.69, 9.17) is 19.8 Å². The lowest BCUT2D eigenvalue weighted by Gasteiger charge is -2.48. The molecule has 0 aromatic rings. The molecule has 1 saturated heterocycles. The average molecular weight is 386 g/mol. The second kappa shape index (κ2) is 6.34. The molecular weight excluding hydrogens is 362 g/mol. The van der Waals surface area contributed by atoms with Crippen LogP contribution in [-0.4, -0.2) is 45.2 Å². The number of carbonyl (C=O) groups excluding carboxylic acids is 2. The summed E-state index contributed by atoms with van der Waals surface area (Å²) in [6.07, 6.45) is -1.86. The number of esters is 1. The minimum absolute atomic E-state index is 0.475. The third-order valence-corrected chi connectivity index (χ3v) is 5.41. The van der Waals surface area contributed by atoms with Gasteiger partial charge in [0.15, 0.2) is 14.5 Å². The molecule has 1 aliphatic heterocycles. The summed E-state index contributed by atoms with van der Waals surface area (Å²) in [6, 6.07) is 0. The van der Waals surface area contributed by atoms with Gasteiger partial charge in [-0.05, 0) is 47.3 Å². The highest BCUT2D eigenvalue weighted by atomic mass is 35.7. The topological polar surface area (TPSA) is 90.0 Å². The second-order valence-electron chi connectivity index (χ2n) is 7.58. The lowest BCUT2D eigenvalue weighted by atomic mass is 9.92. The van der Waals surface area contributed by atoms with Gasteiger partial charge >= 0.3 is 15.2 Å². The van der Waals surface area contributed by atoms with Crippen molar-refractivity contribution in [3.8, 4) is 0 Å². The molecule has 23 heavy (non-hydrogen) atoms. The van der Waals surface area contributed by atoms with Gasteiger partial charge in [-0.3, -0.25) is 9.59 Å². The van der Waals surface area contributed by atoms with Crippen LogP contribution in [0, 0.1) is 11.3 Å². The Morgan fingerprint density at radius 3 is 2.13 bits per heavy atom. The highest BCUT2D eigenvalue weighted by molar-refractivity contribution is 8.12. The van der Waals surface area contributed by atoms with Crippen molar-refractivity contribution >= 4 is 40.1 Å². The summed E-state index contributed by atoms with van der Waals surface area (Å²) in [6.45, 7) is 12.2. The van der Waals surface area contributed by atoms with Gasteiger partial charge in [-0.2, -0.15) is 12.7 Å². The van der Waals surface area contributed by atoms with Crippen molar-refractivity contribution in [2.75, 3.05) is 0 Å². The monoisotopic (exact) mass is 385 g/mol. The molecular formula is C13H24ClNO6SSi. The van der Waals surface area contributed by atoms with Crippen LogP contribution in [0.25, 0.3) is 0 Å². The first-order valence-corrected chi connectivity index (χ1v) is 12.9. The Bertz CT molecular complexity index is 595. The van der Waals surface area contributed by atoms with E-state index in [9.17, 15) is 18.0 Å². The number of ether oxygens (including phenoxy) is 1. The summed E-state index contributed by atoms with van der Waals surface area (Å²) in [5.74, 6) is -2.09. The molecule has 1 amide bonds. The average Bonchev–Trinajstić information content (AvgIpc) is 2.22. The fourth-order valence-electron chi connectivity index (χ4n) is 2.02. The summed E-state index contributed by atoms with van der Waals surface area (Å²) in [5, 5.41) is 0. The minimum atomic E-state index is -4.25. The van der Waals surface area contributed by atoms with Crippen molar-refractivity contribution in [3.63, 3.8) is 0 Å². The number of hydrogen-bond acceptors (Lipinski definition) is 6. The van der Waals surface area contributed by atoms with Gasteiger partial charge in [-0.15, -0.1) is 0 Å². The predicted molar refractivity (Wildman–Crippen MR) is 88.3 cm³/mol. The Hall–Kier alpha value is -0.643. The van der Waals surface area contributed by atoms with E-state index in [-0.39, 0.29) is 0 Å². The molecule has 1 rings (SSSR count). The van der Waals surface area contributed by atoms with Crippen LogP contribution in [0.4, 0.5) is 0 Å². The molecule has 0 radical (unpaired) electrons. The van der Waals surface area contributed by atoms with Gasteiger partial charge in [0.25, 0.3) is 5.91 Å². The summed E-state index contributed by atoms with van der Waals surface area (Å²) in [5.41, 5.74) is -0.728. The summed E-state index contributed by atoms with van der Waals surface area (Å²) < 4.78 is 34.7. The number of carbonyl (C=O) groups is 2. The van der Waals surface area contributed by atoms with Crippen molar-refractivity contribution in [2.24, 2.45) is 11.3 Å². The lowest BCUT2D eigenvalue weighted by molar-refractivity contribution is -0.183. The minimum Gasteiger partial charge on any atom is -0.461 e. The molecule has 3 atom stereocenters. The van der Waals surface area contributed by atoms with Crippen LogP contribution in [0.2, 0.25) is 19.6 Å². The molecule has 3 unspecified atom stereocenters. The molecule has 0 aliphatic carbocycles. The van der Waals surface area contributed by atoms with Gasteiger partial charge in [0, 0.05) is 10.7 Å². The summed E-state index contributed by atoms with van der Waals surface area (Å²) >= 11 is 0. The molecule has 0 saturated carbocycles. The normalized spacial score (nSPS) is 24.2. The predicted octanol–water partition coefficient (Wildman–Crippen LogP) is 2.08. The van der Waals surface area contributed by atoms with Crippen molar-refractivity contribution in [1.82, 2.24) is 4.31 Å². The Morgan fingerprint density at radius 2 is 1.78 bits per heavy atom. The van der Waals surface area contributed by atoms with Gasteiger partial charge < -0.3 is 9.16 Å². The van der Waals surface area contributed by atoms with E-state index in [0.717, 1.165) is 0 Å². The molecule has 0 spiro atoms. The molecule has 10 heteroatoms. The van der Waals surface area contributed by atoms with Crippen LogP contribution in [0.1, 0.15) is 27.7 Å². The maximum absolute atomic E-state index is 12.2. The van der Waals surface area contributed by atoms with Gasteiger partial charge in [0.1, 0.15) is 12.0 Å². The third-order valence-electron chi connectivity index (χ3n) is 3.16. The first-order chi connectivity index (χ1) is 10.1. The quantitative estimate of drug-likeness (QED) is 0.311. The van der Waals surface area contributed by atoms with Crippen LogP contribution in [0.15, 0.2) is 0 Å². The fraction of sp³-hybridized carbons (Fsp3) is 0.846. The molecule has 1 fully saturated rings. The highest BCUT2D eigenvalue weighted by Crippen LogP contribution is 2.37. The number of rotatable bonds is 5. The van der Waals surface area contributed by atoms with Crippen LogP contribution in [0.5, 0.6) is 0 Å². The molecule has 1 aliphatic rings. The zero-order chi connectivity index (χ0) is 18.4. The zero-order valence-corrected chi connectivity index (χ0v) is 17.0. The number of nitrogens with zero attached hydrogens (tertiary/aromatic N) is 1. The van der Waals surface area contributed by atoms with Crippen molar-refractivity contribution < 1.29 is 27.2 Å². The SMILES string of the molecule is CC(OC(=O)C(C)(C)C)C1C(=O)N(S(=O)(=O)Cl)C1O[Si](C)(C)C. The largest absolute Gasteiger partial charge is 0.461 e. The Labute approximate surface area is 142 Å². The van der Waals surface area contributed by atoms with Crippen LogP contribution < -0.4 is 0 Å². The number of halogens is 1. The van der Waals surface area contributed by atoms with Crippen molar-refractivity contribution in [2.45, 2.75) is 59.7 Å². The van der Waals surface area contributed by atoms with Gasteiger partial charge in [0.2, 0.25) is 0 Å². The van der Waals surface area contributed by atoms with Crippen LogP contribution >= 0.6 is 10.7 Å². The molecule has 134 valence electrons. The molecule has 0 aromatic carbocycles. The standard InChI is InChI=1S/C13H24ClNO6SSi/c1-8(20-12(17)13(2,3)4)9-10(16)15(22(14,18)19)11(9)21-23(5,6)7/h8-9,11H,1-7H3. The van der Waals surface area contributed by atoms with Crippen molar-refractivity contribution in [1.29, 1.82) is 0 Å². The maximum atomic E-state index is 12.2. The van der Waals surface area contributed by atoms with E-state index in [2.05, 4.69) is 0 Å². The zero-order valence-electron chi connectivity index (χ0n) is 14.4. The molecule has 0 bridgehead atoms. The third kappa shape index (κ3) is 4.91. The Kier molecular flexibility index (Phi) is 5.63. The summed E-state index contributed by atoms with van der Waals surface area (Å²) in [4.78, 5) is 24.2. The molecule has 7 nitrogen and oxygen atoms in total. The van der Waals surface area contributed by atoms with Crippen molar-refractivity contribution in [3.05, 3.63) is 0 Å². The van der Waals surface area contributed by atoms with E-state index in [1.165, 1.54) is 0 Å². The first-order valence-electron chi connectivity index (χ1n) is 7.22.